The fraction of sp³-hybridized carbons (Fsp3) is 1.00. The van der Waals surface area contributed by atoms with Crippen LogP contribution in [0.4, 0.5) is 0 Å². The second-order valence-corrected chi connectivity index (χ2v) is 7.98. The zero-order valence-electron chi connectivity index (χ0n) is 11.9. The Balaban J connectivity index is 1.49. The van der Waals surface area contributed by atoms with Crippen LogP contribution in [-0.4, -0.2) is 29.3 Å². The van der Waals surface area contributed by atoms with Crippen molar-refractivity contribution in [2.75, 3.05) is 12.4 Å². The van der Waals surface area contributed by atoms with Gasteiger partial charge in [-0.3, -0.25) is 11.3 Å². The molecule has 3 N–H and O–H groups in total. The molecular formula is C15H28N2OS. The first-order valence-electron chi connectivity index (χ1n) is 8.03. The average molecular weight is 284 g/mol. The Hall–Kier alpha value is 0.230. The van der Waals surface area contributed by atoms with Gasteiger partial charge in [-0.25, -0.2) is 0 Å². The monoisotopic (exact) mass is 284 g/mol. The number of hydrogen-bond acceptors (Lipinski definition) is 4. The zero-order chi connectivity index (χ0) is 13.1. The molecule has 3 nitrogen and oxygen atoms in total. The molecule has 0 amide bonds. The molecule has 2 saturated carbocycles. The van der Waals surface area contributed by atoms with E-state index < -0.39 is 0 Å². The van der Waals surface area contributed by atoms with E-state index in [1.54, 1.807) is 0 Å². The lowest BCUT2D eigenvalue weighted by molar-refractivity contribution is -0.146. The minimum Gasteiger partial charge on any atom is -0.375 e. The highest BCUT2D eigenvalue weighted by Gasteiger charge is 2.44. The summed E-state index contributed by atoms with van der Waals surface area (Å²) in [4.78, 5) is 0. The standard InChI is InChI=1S/C15H28N2OS/c16-17-14(11-19-13-4-1-2-5-13)12-6-9-18-15(10-12)7-3-8-15/h12-14,17H,1-11,16H2. The first kappa shape index (κ1) is 14.2. The van der Waals surface area contributed by atoms with E-state index in [2.05, 4.69) is 17.2 Å². The molecule has 2 atom stereocenters. The van der Waals surface area contributed by atoms with Crippen LogP contribution < -0.4 is 11.3 Å². The first-order chi connectivity index (χ1) is 9.31. The Morgan fingerprint density at radius 2 is 2.00 bits per heavy atom. The van der Waals surface area contributed by atoms with Crippen LogP contribution in [0, 0.1) is 5.92 Å². The van der Waals surface area contributed by atoms with E-state index in [1.165, 1.54) is 63.5 Å². The lowest BCUT2D eigenvalue weighted by atomic mass is 9.70. The number of thioether (sulfide) groups is 1. The third kappa shape index (κ3) is 3.29. The fourth-order valence-electron chi connectivity index (χ4n) is 3.94. The number of nitrogens with two attached hydrogens (primary N) is 1. The van der Waals surface area contributed by atoms with Crippen LogP contribution >= 0.6 is 11.8 Å². The molecule has 3 fully saturated rings. The Labute approximate surface area is 121 Å². The summed E-state index contributed by atoms with van der Waals surface area (Å²) in [6, 6.07) is 0.479. The van der Waals surface area contributed by atoms with Gasteiger partial charge in [-0.2, -0.15) is 11.8 Å². The summed E-state index contributed by atoms with van der Waals surface area (Å²) in [5, 5.41) is 0.897. The van der Waals surface area contributed by atoms with Gasteiger partial charge in [0.25, 0.3) is 0 Å². The number of rotatable bonds is 5. The summed E-state index contributed by atoms with van der Waals surface area (Å²) < 4.78 is 6.03. The summed E-state index contributed by atoms with van der Waals surface area (Å²) in [7, 11) is 0. The number of hydrazine groups is 1. The van der Waals surface area contributed by atoms with E-state index in [1.807, 2.05) is 0 Å². The normalized spacial score (nSPS) is 32.4. The molecule has 3 aliphatic rings. The minimum atomic E-state index is 0.246. The molecule has 0 bridgehead atoms. The van der Waals surface area contributed by atoms with Gasteiger partial charge in [0.05, 0.1) is 5.60 Å². The van der Waals surface area contributed by atoms with E-state index >= 15 is 0 Å². The van der Waals surface area contributed by atoms with Crippen molar-refractivity contribution in [3.63, 3.8) is 0 Å². The smallest absolute Gasteiger partial charge is 0.0685 e. The number of ether oxygens (including phenoxy) is 1. The van der Waals surface area contributed by atoms with E-state index in [-0.39, 0.29) is 5.60 Å². The first-order valence-corrected chi connectivity index (χ1v) is 9.08. The second-order valence-electron chi connectivity index (χ2n) is 6.65. The molecule has 1 spiro atoms. The highest BCUT2D eigenvalue weighted by molar-refractivity contribution is 7.99. The van der Waals surface area contributed by atoms with Crippen LogP contribution in [0.25, 0.3) is 0 Å². The summed E-state index contributed by atoms with van der Waals surface area (Å²) in [5.41, 5.74) is 3.35. The highest BCUT2D eigenvalue weighted by atomic mass is 32.2. The maximum atomic E-state index is 6.03. The van der Waals surface area contributed by atoms with Gasteiger partial charge in [-0.05, 0) is 50.9 Å². The van der Waals surface area contributed by atoms with Crippen molar-refractivity contribution in [3.8, 4) is 0 Å². The van der Waals surface area contributed by atoms with Gasteiger partial charge in [-0.1, -0.05) is 12.8 Å². The summed E-state index contributed by atoms with van der Waals surface area (Å²) in [5.74, 6) is 7.73. The van der Waals surface area contributed by atoms with Gasteiger partial charge in [0.15, 0.2) is 0 Å². The van der Waals surface area contributed by atoms with E-state index in [9.17, 15) is 0 Å². The SMILES string of the molecule is NNC(CSC1CCCC1)C1CCOC2(CCC2)C1. The minimum absolute atomic E-state index is 0.246. The Morgan fingerprint density at radius 1 is 1.21 bits per heavy atom. The highest BCUT2D eigenvalue weighted by Crippen LogP contribution is 2.45. The Morgan fingerprint density at radius 3 is 2.63 bits per heavy atom. The van der Waals surface area contributed by atoms with Crippen molar-refractivity contribution < 1.29 is 4.74 Å². The van der Waals surface area contributed by atoms with Crippen LogP contribution in [0.15, 0.2) is 0 Å². The van der Waals surface area contributed by atoms with Gasteiger partial charge in [0.2, 0.25) is 0 Å². The second kappa shape index (κ2) is 6.33. The Bertz CT molecular complexity index is 290. The van der Waals surface area contributed by atoms with Crippen molar-refractivity contribution >= 4 is 11.8 Å². The van der Waals surface area contributed by atoms with Crippen LogP contribution in [0.2, 0.25) is 0 Å². The maximum absolute atomic E-state index is 6.03. The number of hydrogen-bond donors (Lipinski definition) is 2. The van der Waals surface area contributed by atoms with Crippen molar-refractivity contribution in [2.45, 2.75) is 74.7 Å². The van der Waals surface area contributed by atoms with Crippen molar-refractivity contribution in [3.05, 3.63) is 0 Å². The zero-order valence-corrected chi connectivity index (χ0v) is 12.7. The van der Waals surface area contributed by atoms with E-state index in [4.69, 9.17) is 10.6 Å². The quantitative estimate of drug-likeness (QED) is 0.602. The predicted octanol–water partition coefficient (Wildman–Crippen LogP) is 2.84. The molecule has 2 aliphatic carbocycles. The van der Waals surface area contributed by atoms with Crippen molar-refractivity contribution in [1.82, 2.24) is 5.43 Å². The van der Waals surface area contributed by atoms with Crippen molar-refractivity contribution in [1.29, 1.82) is 0 Å². The topological polar surface area (TPSA) is 47.3 Å². The molecule has 4 heteroatoms. The largest absolute Gasteiger partial charge is 0.375 e. The van der Waals surface area contributed by atoms with Gasteiger partial charge >= 0.3 is 0 Å². The summed E-state index contributed by atoms with van der Waals surface area (Å²) in [6.07, 6.45) is 12.0. The predicted molar refractivity (Wildman–Crippen MR) is 81.1 cm³/mol. The van der Waals surface area contributed by atoms with E-state index in [0.717, 1.165) is 11.9 Å². The lowest BCUT2D eigenvalue weighted by Crippen LogP contribution is -2.52. The van der Waals surface area contributed by atoms with E-state index in [0.29, 0.717) is 12.0 Å². The molecule has 0 aromatic carbocycles. The van der Waals surface area contributed by atoms with Gasteiger partial charge in [0, 0.05) is 23.7 Å². The Kier molecular flexibility index (Phi) is 4.73. The van der Waals surface area contributed by atoms with Gasteiger partial charge in [-0.15, -0.1) is 0 Å². The van der Waals surface area contributed by atoms with Crippen molar-refractivity contribution in [2.24, 2.45) is 11.8 Å². The molecule has 0 aromatic rings. The van der Waals surface area contributed by atoms with Crippen LogP contribution in [0.1, 0.15) is 57.8 Å². The molecule has 0 aromatic heterocycles. The van der Waals surface area contributed by atoms with Gasteiger partial charge < -0.3 is 4.74 Å². The van der Waals surface area contributed by atoms with Crippen LogP contribution in [0.5, 0.6) is 0 Å². The summed E-state index contributed by atoms with van der Waals surface area (Å²) >= 11 is 2.15. The molecule has 1 aliphatic heterocycles. The molecule has 1 saturated heterocycles. The maximum Gasteiger partial charge on any atom is 0.0685 e. The number of nitrogens with one attached hydrogen (secondary N) is 1. The lowest BCUT2D eigenvalue weighted by Gasteiger charge is -2.48. The molecule has 0 radical (unpaired) electrons. The average Bonchev–Trinajstić information content (AvgIpc) is 2.91. The molecule has 2 unspecified atom stereocenters. The molecule has 1 heterocycles. The molecule has 19 heavy (non-hydrogen) atoms. The third-order valence-corrected chi connectivity index (χ3v) is 6.89. The summed E-state index contributed by atoms with van der Waals surface area (Å²) in [6.45, 7) is 0.941. The third-order valence-electron chi connectivity index (χ3n) is 5.39. The van der Waals surface area contributed by atoms with Crippen LogP contribution in [0.3, 0.4) is 0 Å². The molecule has 3 rings (SSSR count). The van der Waals surface area contributed by atoms with Crippen LogP contribution in [-0.2, 0) is 4.74 Å². The van der Waals surface area contributed by atoms with Gasteiger partial charge in [0.1, 0.15) is 0 Å². The fourth-order valence-corrected chi connectivity index (χ4v) is 5.46. The molecule has 110 valence electrons. The molecular weight excluding hydrogens is 256 g/mol.